The zero-order valence-corrected chi connectivity index (χ0v) is 10.6. The van der Waals surface area contributed by atoms with Gasteiger partial charge in [-0.3, -0.25) is 4.79 Å². The molecule has 0 aliphatic heterocycles. The summed E-state index contributed by atoms with van der Waals surface area (Å²) in [6, 6.07) is 0. The highest BCUT2D eigenvalue weighted by atomic mass is 32.1. The Hall–Kier alpha value is -1.43. The van der Waals surface area contributed by atoms with E-state index in [1.54, 1.807) is 24.3 Å². The second-order valence-electron chi connectivity index (χ2n) is 4.50. The molecular weight excluding hydrogens is 236 g/mol. The van der Waals surface area contributed by atoms with Crippen molar-refractivity contribution in [3.05, 3.63) is 18.2 Å². The van der Waals surface area contributed by atoms with Crippen molar-refractivity contribution in [2.45, 2.75) is 25.8 Å². The van der Waals surface area contributed by atoms with E-state index in [1.807, 2.05) is 0 Å². The third-order valence-corrected chi connectivity index (χ3v) is 3.77. The molecule has 1 aliphatic rings. The van der Waals surface area contributed by atoms with Crippen LogP contribution in [0.3, 0.4) is 0 Å². The van der Waals surface area contributed by atoms with Gasteiger partial charge in [0.1, 0.15) is 5.82 Å². The first-order chi connectivity index (χ1) is 8.06. The van der Waals surface area contributed by atoms with Crippen LogP contribution in [0.4, 0.5) is 0 Å². The minimum atomic E-state index is -0.601. The molecule has 0 aromatic carbocycles. The lowest BCUT2D eigenvalue weighted by molar-refractivity contribution is -0.141. The van der Waals surface area contributed by atoms with Gasteiger partial charge in [0, 0.05) is 19.4 Å². The molecule has 0 bridgehead atoms. The number of H-pyrrole nitrogens is 1. The maximum absolute atomic E-state index is 12.3. The number of nitrogens with two attached hydrogens (primary N) is 1. The summed E-state index contributed by atoms with van der Waals surface area (Å²) < 4.78 is 0. The van der Waals surface area contributed by atoms with Gasteiger partial charge in [0.15, 0.2) is 0 Å². The van der Waals surface area contributed by atoms with Gasteiger partial charge in [-0.2, -0.15) is 0 Å². The van der Waals surface area contributed by atoms with Crippen molar-refractivity contribution < 1.29 is 4.79 Å². The van der Waals surface area contributed by atoms with Crippen molar-refractivity contribution in [1.29, 1.82) is 0 Å². The van der Waals surface area contributed by atoms with Crippen LogP contribution in [-0.2, 0) is 11.3 Å². The number of rotatable bonds is 4. The first-order valence-electron chi connectivity index (χ1n) is 5.60. The molecule has 0 radical (unpaired) electrons. The molecule has 1 heterocycles. The van der Waals surface area contributed by atoms with Gasteiger partial charge in [-0.1, -0.05) is 18.6 Å². The van der Waals surface area contributed by atoms with Crippen molar-refractivity contribution in [1.82, 2.24) is 14.9 Å². The standard InChI is InChI=1S/C11H16N4OS/c1-15(7-8-13-5-6-14-8)10(16)11(9(12)17)3-2-4-11/h5-6H,2-4,7H2,1H3,(H2,12,17)(H,13,14). The van der Waals surface area contributed by atoms with Crippen LogP contribution in [0.25, 0.3) is 0 Å². The third kappa shape index (κ3) is 2.04. The fourth-order valence-corrected chi connectivity index (χ4v) is 2.43. The van der Waals surface area contributed by atoms with Crippen LogP contribution in [-0.4, -0.2) is 32.8 Å². The van der Waals surface area contributed by atoms with E-state index in [4.69, 9.17) is 18.0 Å². The van der Waals surface area contributed by atoms with Crippen LogP contribution in [0.15, 0.2) is 12.4 Å². The second-order valence-corrected chi connectivity index (χ2v) is 4.94. The second kappa shape index (κ2) is 4.44. The van der Waals surface area contributed by atoms with E-state index in [2.05, 4.69) is 9.97 Å². The molecule has 92 valence electrons. The largest absolute Gasteiger partial charge is 0.392 e. The molecule has 1 aromatic rings. The zero-order chi connectivity index (χ0) is 12.5. The summed E-state index contributed by atoms with van der Waals surface area (Å²) in [5.74, 6) is 0.769. The first kappa shape index (κ1) is 12.0. The average Bonchev–Trinajstić information content (AvgIpc) is 2.67. The number of aromatic nitrogens is 2. The Morgan fingerprint density at radius 2 is 2.41 bits per heavy atom. The topological polar surface area (TPSA) is 75.0 Å². The van der Waals surface area contributed by atoms with Crippen molar-refractivity contribution in [2.75, 3.05) is 7.05 Å². The van der Waals surface area contributed by atoms with E-state index in [-0.39, 0.29) is 5.91 Å². The summed E-state index contributed by atoms with van der Waals surface area (Å²) in [7, 11) is 1.75. The highest BCUT2D eigenvalue weighted by molar-refractivity contribution is 7.80. The van der Waals surface area contributed by atoms with Crippen LogP contribution in [0.5, 0.6) is 0 Å². The van der Waals surface area contributed by atoms with Crippen LogP contribution in [0.2, 0.25) is 0 Å². The Morgan fingerprint density at radius 1 is 1.71 bits per heavy atom. The lowest BCUT2D eigenvalue weighted by Gasteiger charge is -2.41. The van der Waals surface area contributed by atoms with Gasteiger partial charge in [-0.25, -0.2) is 4.98 Å². The fourth-order valence-electron chi connectivity index (χ4n) is 2.14. The molecule has 2 rings (SSSR count). The van der Waals surface area contributed by atoms with Crippen LogP contribution in [0.1, 0.15) is 25.1 Å². The SMILES string of the molecule is CN(Cc1ncc[nH]1)C(=O)C1(C(N)=S)CCC1. The molecule has 1 amide bonds. The molecule has 1 aromatic heterocycles. The number of amides is 1. The Balaban J connectivity index is 2.06. The first-order valence-corrected chi connectivity index (χ1v) is 6.01. The predicted octanol–water partition coefficient (Wildman–Crippen LogP) is 0.824. The van der Waals surface area contributed by atoms with E-state index >= 15 is 0 Å². The van der Waals surface area contributed by atoms with Gasteiger partial charge in [-0.05, 0) is 12.8 Å². The van der Waals surface area contributed by atoms with Crippen LogP contribution < -0.4 is 5.73 Å². The number of carbonyl (C=O) groups is 1. The number of imidazole rings is 1. The summed E-state index contributed by atoms with van der Waals surface area (Å²) in [5.41, 5.74) is 5.10. The van der Waals surface area contributed by atoms with Gasteiger partial charge in [0.2, 0.25) is 5.91 Å². The normalized spacial score (nSPS) is 17.2. The Labute approximate surface area is 105 Å². The van der Waals surface area contributed by atoms with Gasteiger partial charge in [0.05, 0.1) is 16.9 Å². The summed E-state index contributed by atoms with van der Waals surface area (Å²) in [6.07, 6.45) is 5.95. The van der Waals surface area contributed by atoms with Crippen LogP contribution in [0, 0.1) is 5.41 Å². The number of nitrogens with one attached hydrogen (secondary N) is 1. The van der Waals surface area contributed by atoms with Gasteiger partial charge >= 0.3 is 0 Å². The number of aromatic amines is 1. The minimum absolute atomic E-state index is 0.00708. The predicted molar refractivity (Wildman–Crippen MR) is 68.1 cm³/mol. The number of nitrogens with zero attached hydrogens (tertiary/aromatic N) is 2. The van der Waals surface area contributed by atoms with E-state index in [0.717, 1.165) is 25.1 Å². The Morgan fingerprint density at radius 3 is 2.82 bits per heavy atom. The van der Waals surface area contributed by atoms with Crippen molar-refractivity contribution >= 4 is 23.1 Å². The van der Waals surface area contributed by atoms with E-state index in [0.29, 0.717) is 11.5 Å². The average molecular weight is 252 g/mol. The fraction of sp³-hybridized carbons (Fsp3) is 0.545. The summed E-state index contributed by atoms with van der Waals surface area (Å²) in [5, 5.41) is 0. The molecule has 17 heavy (non-hydrogen) atoms. The summed E-state index contributed by atoms with van der Waals surface area (Å²) in [4.78, 5) is 21.4. The maximum atomic E-state index is 12.3. The molecular formula is C11H16N4OS. The molecule has 0 spiro atoms. The van der Waals surface area contributed by atoms with Crippen LogP contribution >= 0.6 is 12.2 Å². The van der Waals surface area contributed by atoms with Gasteiger partial charge < -0.3 is 15.6 Å². The van der Waals surface area contributed by atoms with E-state index in [1.165, 1.54) is 0 Å². The summed E-state index contributed by atoms with van der Waals surface area (Å²) >= 11 is 5.03. The van der Waals surface area contributed by atoms with Gasteiger partial charge in [-0.15, -0.1) is 0 Å². The Bertz CT molecular complexity index is 425. The molecule has 0 atom stereocenters. The number of carbonyl (C=O) groups excluding carboxylic acids is 1. The molecule has 6 heteroatoms. The smallest absolute Gasteiger partial charge is 0.235 e. The lowest BCUT2D eigenvalue weighted by Crippen LogP contribution is -2.53. The molecule has 1 saturated carbocycles. The Kier molecular flexibility index (Phi) is 3.15. The monoisotopic (exact) mass is 252 g/mol. The van der Waals surface area contributed by atoms with Crippen molar-refractivity contribution in [3.63, 3.8) is 0 Å². The maximum Gasteiger partial charge on any atom is 0.235 e. The van der Waals surface area contributed by atoms with Crippen molar-refractivity contribution in [3.8, 4) is 0 Å². The third-order valence-electron chi connectivity index (χ3n) is 3.38. The quantitative estimate of drug-likeness (QED) is 0.778. The molecule has 0 saturated heterocycles. The number of thiocarbonyl (C=S) groups is 1. The molecule has 3 N–H and O–H groups in total. The van der Waals surface area contributed by atoms with E-state index in [9.17, 15) is 4.79 Å². The van der Waals surface area contributed by atoms with Crippen molar-refractivity contribution in [2.24, 2.45) is 11.1 Å². The number of hydrogen-bond donors (Lipinski definition) is 2. The lowest BCUT2D eigenvalue weighted by atomic mass is 9.67. The zero-order valence-electron chi connectivity index (χ0n) is 9.77. The number of hydrogen-bond acceptors (Lipinski definition) is 3. The molecule has 1 aliphatic carbocycles. The molecule has 0 unspecified atom stereocenters. The molecule has 1 fully saturated rings. The summed E-state index contributed by atoms with van der Waals surface area (Å²) in [6.45, 7) is 0.455. The molecule has 5 nitrogen and oxygen atoms in total. The minimum Gasteiger partial charge on any atom is -0.392 e. The van der Waals surface area contributed by atoms with Gasteiger partial charge in [0.25, 0.3) is 0 Å². The highest BCUT2D eigenvalue weighted by Crippen LogP contribution is 2.42. The highest BCUT2D eigenvalue weighted by Gasteiger charge is 2.48. The van der Waals surface area contributed by atoms with E-state index < -0.39 is 5.41 Å².